The normalized spacial score (nSPS) is 32.8. The Labute approximate surface area is 132 Å². The van der Waals surface area contributed by atoms with E-state index in [-0.39, 0.29) is 5.82 Å². The van der Waals surface area contributed by atoms with Crippen LogP contribution in [0.15, 0.2) is 24.3 Å². The first kappa shape index (κ1) is 15.5. The lowest BCUT2D eigenvalue weighted by Crippen LogP contribution is -2.42. The molecule has 3 rings (SSSR count). The summed E-state index contributed by atoms with van der Waals surface area (Å²) in [5.74, 6) is -0.245. The lowest BCUT2D eigenvalue weighted by atomic mass is 9.69. The van der Waals surface area contributed by atoms with Crippen LogP contribution in [0.4, 0.5) is 4.39 Å². The van der Waals surface area contributed by atoms with Gasteiger partial charge in [0.05, 0.1) is 11.5 Å². The summed E-state index contributed by atoms with van der Waals surface area (Å²) in [7, 11) is 2.03. The molecule has 1 aromatic carbocycles. The van der Waals surface area contributed by atoms with E-state index in [4.69, 9.17) is 0 Å². The van der Waals surface area contributed by atoms with Crippen LogP contribution in [0.5, 0.6) is 0 Å². The summed E-state index contributed by atoms with van der Waals surface area (Å²) in [6, 6.07) is 10.3. The number of likely N-dealkylation sites (tertiary alicyclic amines) is 1. The van der Waals surface area contributed by atoms with Gasteiger partial charge in [-0.25, -0.2) is 4.39 Å². The van der Waals surface area contributed by atoms with Gasteiger partial charge in [-0.2, -0.15) is 5.26 Å². The first-order chi connectivity index (χ1) is 10.7. The highest BCUT2D eigenvalue weighted by Gasteiger charge is 2.40. The second kappa shape index (κ2) is 6.36. The van der Waals surface area contributed by atoms with Gasteiger partial charge in [0.1, 0.15) is 5.82 Å². The fourth-order valence-electron chi connectivity index (χ4n) is 4.07. The predicted octanol–water partition coefficient (Wildman–Crippen LogP) is 2.82. The fourth-order valence-corrected chi connectivity index (χ4v) is 4.07. The summed E-state index contributed by atoms with van der Waals surface area (Å²) in [4.78, 5) is 2.56. The standard InChI is InChI=1S/C18H24FN3/c1-21-16-7-10-22(12-16)17-5-8-18(13-20,9-6-17)14-3-2-4-15(19)11-14/h2-4,11,16-17,21H,5-10,12H2,1H3. The first-order valence-corrected chi connectivity index (χ1v) is 8.25. The summed E-state index contributed by atoms with van der Waals surface area (Å²) in [6.45, 7) is 2.26. The van der Waals surface area contributed by atoms with Crippen molar-refractivity contribution in [1.29, 1.82) is 5.26 Å². The topological polar surface area (TPSA) is 39.1 Å². The van der Waals surface area contributed by atoms with E-state index in [2.05, 4.69) is 16.3 Å². The van der Waals surface area contributed by atoms with Crippen molar-refractivity contribution < 1.29 is 4.39 Å². The molecule has 1 aliphatic carbocycles. The summed E-state index contributed by atoms with van der Waals surface area (Å²) >= 11 is 0. The van der Waals surface area contributed by atoms with Crippen molar-refractivity contribution in [2.45, 2.75) is 49.6 Å². The molecule has 1 heterocycles. The molecule has 1 saturated heterocycles. The van der Waals surface area contributed by atoms with Crippen LogP contribution in [0.25, 0.3) is 0 Å². The minimum absolute atomic E-state index is 0.245. The highest BCUT2D eigenvalue weighted by atomic mass is 19.1. The van der Waals surface area contributed by atoms with E-state index in [0.717, 1.165) is 44.3 Å². The van der Waals surface area contributed by atoms with E-state index in [0.29, 0.717) is 12.1 Å². The number of benzene rings is 1. The Kier molecular flexibility index (Phi) is 4.46. The molecular weight excluding hydrogens is 277 g/mol. The minimum Gasteiger partial charge on any atom is -0.316 e. The van der Waals surface area contributed by atoms with Crippen LogP contribution in [0.3, 0.4) is 0 Å². The van der Waals surface area contributed by atoms with Crippen LogP contribution in [0, 0.1) is 17.1 Å². The zero-order valence-electron chi connectivity index (χ0n) is 13.2. The maximum atomic E-state index is 13.5. The number of rotatable bonds is 3. The van der Waals surface area contributed by atoms with Crippen molar-refractivity contribution in [1.82, 2.24) is 10.2 Å². The SMILES string of the molecule is CNC1CCN(C2CCC(C#N)(c3cccc(F)c3)CC2)C1. The van der Waals surface area contributed by atoms with Gasteiger partial charge in [-0.1, -0.05) is 12.1 Å². The smallest absolute Gasteiger partial charge is 0.123 e. The van der Waals surface area contributed by atoms with Crippen LogP contribution < -0.4 is 5.32 Å². The molecule has 0 aromatic heterocycles. The lowest BCUT2D eigenvalue weighted by molar-refractivity contribution is 0.163. The molecule has 1 N–H and O–H groups in total. The number of likely N-dealkylation sites (N-methyl/N-ethyl adjacent to an activating group) is 1. The fraction of sp³-hybridized carbons (Fsp3) is 0.611. The molecule has 3 nitrogen and oxygen atoms in total. The van der Waals surface area contributed by atoms with Crippen molar-refractivity contribution in [2.24, 2.45) is 0 Å². The zero-order valence-corrected chi connectivity index (χ0v) is 13.2. The molecule has 1 aliphatic heterocycles. The van der Waals surface area contributed by atoms with Gasteiger partial charge in [-0.05, 0) is 56.8 Å². The van der Waals surface area contributed by atoms with E-state index in [1.807, 2.05) is 13.1 Å². The second-order valence-electron chi connectivity index (χ2n) is 6.70. The monoisotopic (exact) mass is 301 g/mol. The average Bonchev–Trinajstić information content (AvgIpc) is 3.04. The minimum atomic E-state index is -0.499. The third-order valence-corrected chi connectivity index (χ3v) is 5.54. The molecule has 1 aromatic rings. The van der Waals surface area contributed by atoms with E-state index in [1.54, 1.807) is 6.07 Å². The van der Waals surface area contributed by atoms with Crippen LogP contribution >= 0.6 is 0 Å². The molecule has 2 fully saturated rings. The number of nitrogens with one attached hydrogen (secondary N) is 1. The molecule has 0 bridgehead atoms. The van der Waals surface area contributed by atoms with Gasteiger partial charge in [0.2, 0.25) is 0 Å². The molecule has 2 aliphatic rings. The van der Waals surface area contributed by atoms with Crippen molar-refractivity contribution in [2.75, 3.05) is 20.1 Å². The molecule has 0 radical (unpaired) electrons. The highest BCUT2D eigenvalue weighted by Crippen LogP contribution is 2.41. The summed E-state index contributed by atoms with van der Waals surface area (Å²) in [6.07, 6.45) is 4.93. The van der Waals surface area contributed by atoms with Gasteiger partial charge in [-0.15, -0.1) is 0 Å². The van der Waals surface area contributed by atoms with Crippen LogP contribution in [-0.4, -0.2) is 37.1 Å². The second-order valence-corrected chi connectivity index (χ2v) is 6.70. The largest absolute Gasteiger partial charge is 0.316 e. The van der Waals surface area contributed by atoms with Gasteiger partial charge in [-0.3, -0.25) is 4.90 Å². The molecule has 1 saturated carbocycles. The number of nitriles is 1. The molecule has 4 heteroatoms. The molecular formula is C18H24FN3. The third kappa shape index (κ3) is 2.88. The van der Waals surface area contributed by atoms with Gasteiger partial charge in [0.25, 0.3) is 0 Å². The molecule has 0 spiro atoms. The Balaban J connectivity index is 1.68. The van der Waals surface area contributed by atoms with Gasteiger partial charge in [0, 0.05) is 25.2 Å². The Morgan fingerprint density at radius 1 is 1.32 bits per heavy atom. The van der Waals surface area contributed by atoms with Crippen LogP contribution in [0.2, 0.25) is 0 Å². The maximum Gasteiger partial charge on any atom is 0.123 e. The molecule has 0 amide bonds. The number of nitrogens with zero attached hydrogens (tertiary/aromatic N) is 2. The Bertz CT molecular complexity index is 558. The maximum absolute atomic E-state index is 13.5. The van der Waals surface area contributed by atoms with E-state index < -0.39 is 5.41 Å². The van der Waals surface area contributed by atoms with E-state index in [9.17, 15) is 9.65 Å². The van der Waals surface area contributed by atoms with Crippen molar-refractivity contribution in [3.05, 3.63) is 35.6 Å². The Morgan fingerprint density at radius 3 is 2.68 bits per heavy atom. The van der Waals surface area contributed by atoms with E-state index in [1.165, 1.54) is 18.6 Å². The predicted molar refractivity (Wildman–Crippen MR) is 85.0 cm³/mol. The average molecular weight is 301 g/mol. The summed E-state index contributed by atoms with van der Waals surface area (Å²) in [5.41, 5.74) is 0.351. The van der Waals surface area contributed by atoms with E-state index >= 15 is 0 Å². The number of hydrogen-bond acceptors (Lipinski definition) is 3. The molecule has 118 valence electrons. The highest BCUT2D eigenvalue weighted by molar-refractivity contribution is 5.33. The third-order valence-electron chi connectivity index (χ3n) is 5.54. The summed E-state index contributed by atoms with van der Waals surface area (Å²) in [5, 5.41) is 13.1. The Hall–Kier alpha value is -1.44. The van der Waals surface area contributed by atoms with Gasteiger partial charge < -0.3 is 5.32 Å². The molecule has 1 atom stereocenters. The van der Waals surface area contributed by atoms with Crippen molar-refractivity contribution in [3.63, 3.8) is 0 Å². The summed E-state index contributed by atoms with van der Waals surface area (Å²) < 4.78 is 13.5. The Morgan fingerprint density at radius 2 is 2.09 bits per heavy atom. The quantitative estimate of drug-likeness (QED) is 0.933. The number of hydrogen-bond donors (Lipinski definition) is 1. The van der Waals surface area contributed by atoms with Gasteiger partial charge >= 0.3 is 0 Å². The van der Waals surface area contributed by atoms with Crippen molar-refractivity contribution >= 4 is 0 Å². The lowest BCUT2D eigenvalue weighted by Gasteiger charge is -2.39. The van der Waals surface area contributed by atoms with Crippen molar-refractivity contribution in [3.8, 4) is 6.07 Å². The molecule has 1 unspecified atom stereocenters. The van der Waals surface area contributed by atoms with Crippen LogP contribution in [-0.2, 0) is 5.41 Å². The first-order valence-electron chi connectivity index (χ1n) is 8.25. The number of halogens is 1. The molecule has 22 heavy (non-hydrogen) atoms. The van der Waals surface area contributed by atoms with Crippen LogP contribution in [0.1, 0.15) is 37.7 Å². The zero-order chi connectivity index (χ0) is 15.6. The van der Waals surface area contributed by atoms with Gasteiger partial charge in [0.15, 0.2) is 0 Å².